The van der Waals surface area contributed by atoms with E-state index in [9.17, 15) is 9.18 Å². The fourth-order valence-corrected chi connectivity index (χ4v) is 2.55. The maximum Gasteiger partial charge on any atom is 0.230 e. The van der Waals surface area contributed by atoms with Gasteiger partial charge in [-0.25, -0.2) is 9.37 Å². The summed E-state index contributed by atoms with van der Waals surface area (Å²) in [6, 6.07) is 16.4. The van der Waals surface area contributed by atoms with Crippen molar-refractivity contribution in [3.8, 4) is 22.8 Å². The van der Waals surface area contributed by atoms with Gasteiger partial charge in [0.15, 0.2) is 0 Å². The summed E-state index contributed by atoms with van der Waals surface area (Å²) in [5.74, 6) is 1.09. The number of halogens is 2. The first kappa shape index (κ1) is 19.8. The Morgan fingerprint density at radius 1 is 1.00 bits per heavy atom. The summed E-state index contributed by atoms with van der Waals surface area (Å²) in [6.45, 7) is 5.48. The standard InChI is InChI=1S/C22H20ClFN2O2/c1-22(2,3)21(27)26-20-13-15(23)12-19(25-20)14-4-8-17(9-5-14)28-18-10-6-16(24)7-11-18/h4-13H,1-3H3,(H,25,26,27). The SMILES string of the molecule is CC(C)(C)C(=O)Nc1cc(Cl)cc(-c2ccc(Oc3ccc(F)cc3)cc2)n1. The smallest absolute Gasteiger partial charge is 0.230 e. The Labute approximate surface area is 168 Å². The second-order valence-electron chi connectivity index (χ2n) is 7.34. The van der Waals surface area contributed by atoms with Crippen molar-refractivity contribution in [1.29, 1.82) is 0 Å². The van der Waals surface area contributed by atoms with E-state index in [1.54, 1.807) is 36.4 Å². The largest absolute Gasteiger partial charge is 0.457 e. The third kappa shape index (κ3) is 5.08. The Morgan fingerprint density at radius 2 is 1.57 bits per heavy atom. The van der Waals surface area contributed by atoms with Crippen LogP contribution in [0.15, 0.2) is 60.7 Å². The molecular formula is C22H20ClFN2O2. The van der Waals surface area contributed by atoms with Crippen LogP contribution in [0.5, 0.6) is 11.5 Å². The van der Waals surface area contributed by atoms with Crippen molar-refractivity contribution >= 4 is 23.3 Å². The zero-order valence-corrected chi connectivity index (χ0v) is 16.5. The van der Waals surface area contributed by atoms with Crippen LogP contribution in [-0.4, -0.2) is 10.9 Å². The molecule has 4 nitrogen and oxygen atoms in total. The van der Waals surface area contributed by atoms with E-state index in [1.165, 1.54) is 12.1 Å². The number of carbonyl (C=O) groups is 1. The van der Waals surface area contributed by atoms with Gasteiger partial charge in [0.25, 0.3) is 0 Å². The highest BCUT2D eigenvalue weighted by molar-refractivity contribution is 6.31. The summed E-state index contributed by atoms with van der Waals surface area (Å²) in [5.41, 5.74) is 0.911. The van der Waals surface area contributed by atoms with E-state index < -0.39 is 5.41 Å². The average Bonchev–Trinajstić information content (AvgIpc) is 2.63. The van der Waals surface area contributed by atoms with Gasteiger partial charge in [-0.2, -0.15) is 0 Å². The Balaban J connectivity index is 1.79. The molecule has 0 bridgehead atoms. The van der Waals surface area contributed by atoms with Gasteiger partial charge in [0, 0.05) is 16.0 Å². The van der Waals surface area contributed by atoms with Gasteiger partial charge in [0.1, 0.15) is 23.1 Å². The third-order valence-electron chi connectivity index (χ3n) is 3.91. The summed E-state index contributed by atoms with van der Waals surface area (Å²) in [4.78, 5) is 16.7. The summed E-state index contributed by atoms with van der Waals surface area (Å²) in [7, 11) is 0. The molecule has 1 aromatic heterocycles. The molecular weight excluding hydrogens is 379 g/mol. The van der Waals surface area contributed by atoms with Gasteiger partial charge in [-0.15, -0.1) is 0 Å². The molecule has 144 valence electrons. The van der Waals surface area contributed by atoms with Gasteiger partial charge in [0.2, 0.25) is 5.91 Å². The number of pyridine rings is 1. The summed E-state index contributed by atoms with van der Waals surface area (Å²) >= 11 is 6.20. The van der Waals surface area contributed by atoms with Crippen molar-refractivity contribution < 1.29 is 13.9 Å². The topological polar surface area (TPSA) is 51.2 Å². The first-order valence-corrected chi connectivity index (χ1v) is 9.11. The highest BCUT2D eigenvalue weighted by atomic mass is 35.5. The Morgan fingerprint density at radius 3 is 2.14 bits per heavy atom. The Bertz CT molecular complexity index is 981. The quantitative estimate of drug-likeness (QED) is 0.559. The highest BCUT2D eigenvalue weighted by Gasteiger charge is 2.22. The van der Waals surface area contributed by atoms with Crippen molar-refractivity contribution in [3.63, 3.8) is 0 Å². The second kappa shape index (κ2) is 7.98. The minimum atomic E-state index is -0.538. The predicted octanol–water partition coefficient (Wildman–Crippen LogP) is 6.32. The lowest BCUT2D eigenvalue weighted by Crippen LogP contribution is -2.28. The molecule has 0 saturated carbocycles. The molecule has 0 radical (unpaired) electrons. The van der Waals surface area contributed by atoms with Crippen LogP contribution in [0.2, 0.25) is 5.02 Å². The zero-order chi connectivity index (χ0) is 20.3. The van der Waals surface area contributed by atoms with Crippen molar-refractivity contribution in [2.24, 2.45) is 5.41 Å². The lowest BCUT2D eigenvalue weighted by atomic mass is 9.96. The highest BCUT2D eigenvalue weighted by Crippen LogP contribution is 2.28. The zero-order valence-electron chi connectivity index (χ0n) is 15.8. The number of hydrogen-bond donors (Lipinski definition) is 1. The number of rotatable bonds is 4. The van der Waals surface area contributed by atoms with Gasteiger partial charge in [-0.05, 0) is 60.7 Å². The average molecular weight is 399 g/mol. The fraction of sp³-hybridized carbons (Fsp3) is 0.182. The number of carbonyl (C=O) groups excluding carboxylic acids is 1. The maximum atomic E-state index is 13.0. The predicted molar refractivity (Wildman–Crippen MR) is 109 cm³/mol. The monoisotopic (exact) mass is 398 g/mol. The molecule has 6 heteroatoms. The molecule has 0 saturated heterocycles. The number of hydrogen-bond acceptors (Lipinski definition) is 3. The van der Waals surface area contributed by atoms with E-state index in [2.05, 4.69) is 10.3 Å². The molecule has 0 fully saturated rings. The number of ether oxygens (including phenoxy) is 1. The molecule has 1 amide bonds. The first-order valence-electron chi connectivity index (χ1n) is 8.73. The lowest BCUT2D eigenvalue weighted by molar-refractivity contribution is -0.123. The van der Waals surface area contributed by atoms with Crippen molar-refractivity contribution in [2.45, 2.75) is 20.8 Å². The van der Waals surface area contributed by atoms with E-state index in [4.69, 9.17) is 16.3 Å². The van der Waals surface area contributed by atoms with Crippen molar-refractivity contribution in [2.75, 3.05) is 5.32 Å². The first-order chi connectivity index (χ1) is 13.2. The van der Waals surface area contributed by atoms with Crippen LogP contribution < -0.4 is 10.1 Å². The van der Waals surface area contributed by atoms with Gasteiger partial charge in [0.05, 0.1) is 5.69 Å². The molecule has 2 aromatic carbocycles. The van der Waals surface area contributed by atoms with Crippen LogP contribution in [-0.2, 0) is 4.79 Å². The number of nitrogens with zero attached hydrogens (tertiary/aromatic N) is 1. The summed E-state index contributed by atoms with van der Waals surface area (Å²) in [6.07, 6.45) is 0. The van der Waals surface area contributed by atoms with E-state index in [0.717, 1.165) is 5.56 Å². The Hall–Kier alpha value is -2.92. The van der Waals surface area contributed by atoms with Gasteiger partial charge >= 0.3 is 0 Å². The van der Waals surface area contributed by atoms with E-state index >= 15 is 0 Å². The molecule has 0 aliphatic rings. The number of benzene rings is 2. The van der Waals surface area contributed by atoms with Crippen molar-refractivity contribution in [1.82, 2.24) is 4.98 Å². The number of amides is 1. The van der Waals surface area contributed by atoms with Crippen LogP contribution in [0.4, 0.5) is 10.2 Å². The van der Waals surface area contributed by atoms with Gasteiger partial charge < -0.3 is 10.1 Å². The molecule has 28 heavy (non-hydrogen) atoms. The molecule has 3 rings (SSSR count). The van der Waals surface area contributed by atoms with Gasteiger partial charge in [-0.3, -0.25) is 4.79 Å². The van der Waals surface area contributed by atoms with E-state index in [0.29, 0.717) is 28.0 Å². The molecule has 1 N–H and O–H groups in total. The third-order valence-corrected chi connectivity index (χ3v) is 4.13. The molecule has 1 heterocycles. The molecule has 0 aliphatic carbocycles. The second-order valence-corrected chi connectivity index (χ2v) is 7.78. The van der Waals surface area contributed by atoms with Crippen LogP contribution in [0.3, 0.4) is 0 Å². The molecule has 0 aliphatic heterocycles. The van der Waals surface area contributed by atoms with E-state index in [-0.39, 0.29) is 11.7 Å². The van der Waals surface area contributed by atoms with E-state index in [1.807, 2.05) is 32.9 Å². The Kier molecular flexibility index (Phi) is 5.66. The van der Waals surface area contributed by atoms with Crippen LogP contribution in [0.25, 0.3) is 11.3 Å². The van der Waals surface area contributed by atoms with Crippen molar-refractivity contribution in [3.05, 3.63) is 71.5 Å². The van der Waals surface area contributed by atoms with Crippen LogP contribution in [0, 0.1) is 11.2 Å². The molecule has 0 atom stereocenters. The minimum absolute atomic E-state index is 0.142. The summed E-state index contributed by atoms with van der Waals surface area (Å²) in [5, 5.41) is 3.26. The lowest BCUT2D eigenvalue weighted by Gasteiger charge is -2.17. The number of nitrogens with one attached hydrogen (secondary N) is 1. The summed E-state index contributed by atoms with van der Waals surface area (Å²) < 4.78 is 18.7. The number of aromatic nitrogens is 1. The fourth-order valence-electron chi connectivity index (χ4n) is 2.35. The minimum Gasteiger partial charge on any atom is -0.457 e. The molecule has 0 spiro atoms. The molecule has 0 unspecified atom stereocenters. The maximum absolute atomic E-state index is 13.0. The van der Waals surface area contributed by atoms with Crippen LogP contribution in [0.1, 0.15) is 20.8 Å². The van der Waals surface area contributed by atoms with Crippen LogP contribution >= 0.6 is 11.6 Å². The normalized spacial score (nSPS) is 11.2. The number of anilines is 1. The van der Waals surface area contributed by atoms with Gasteiger partial charge in [-0.1, -0.05) is 32.4 Å². The molecule has 3 aromatic rings.